The zero-order valence-electron chi connectivity index (χ0n) is 12.7. The minimum atomic E-state index is -0.406. The molecule has 0 aromatic rings. The summed E-state index contributed by atoms with van der Waals surface area (Å²) >= 11 is 0. The van der Waals surface area contributed by atoms with Gasteiger partial charge in [-0.05, 0) is 26.7 Å². The Morgan fingerprint density at radius 1 is 1.15 bits per heavy atom. The van der Waals surface area contributed by atoms with Crippen LogP contribution in [0.15, 0.2) is 0 Å². The van der Waals surface area contributed by atoms with Gasteiger partial charge in [-0.3, -0.25) is 14.9 Å². The predicted octanol–water partition coefficient (Wildman–Crippen LogP) is 0.174. The van der Waals surface area contributed by atoms with E-state index in [0.717, 1.165) is 12.8 Å². The maximum atomic E-state index is 12.0. The van der Waals surface area contributed by atoms with Crippen LogP contribution < -0.4 is 16.0 Å². The summed E-state index contributed by atoms with van der Waals surface area (Å²) in [4.78, 5) is 23.8. The molecule has 1 saturated carbocycles. The van der Waals surface area contributed by atoms with Gasteiger partial charge in [0.2, 0.25) is 11.8 Å². The fourth-order valence-electron chi connectivity index (χ4n) is 2.35. The summed E-state index contributed by atoms with van der Waals surface area (Å²) < 4.78 is 4.87. The van der Waals surface area contributed by atoms with Crippen LogP contribution in [-0.4, -0.2) is 50.2 Å². The molecule has 2 atom stereocenters. The average Bonchev–Trinajstić information content (AvgIpc) is 2.91. The van der Waals surface area contributed by atoms with Crippen molar-refractivity contribution in [2.45, 2.75) is 57.7 Å². The van der Waals surface area contributed by atoms with Gasteiger partial charge in [0.15, 0.2) is 0 Å². The van der Waals surface area contributed by atoms with Crippen LogP contribution in [0.25, 0.3) is 0 Å². The van der Waals surface area contributed by atoms with Gasteiger partial charge in [0.1, 0.15) is 0 Å². The van der Waals surface area contributed by atoms with Gasteiger partial charge in [0, 0.05) is 19.7 Å². The highest BCUT2D eigenvalue weighted by atomic mass is 16.5. The first-order chi connectivity index (χ1) is 9.54. The number of ether oxygens (including phenoxy) is 1. The summed E-state index contributed by atoms with van der Waals surface area (Å²) in [6.45, 7) is 4.49. The Morgan fingerprint density at radius 2 is 1.75 bits per heavy atom. The van der Waals surface area contributed by atoms with E-state index >= 15 is 0 Å². The number of hydrogen-bond donors (Lipinski definition) is 3. The van der Waals surface area contributed by atoms with E-state index in [1.54, 1.807) is 21.0 Å². The Bertz CT molecular complexity index is 317. The van der Waals surface area contributed by atoms with Crippen molar-refractivity contribution in [1.29, 1.82) is 0 Å². The van der Waals surface area contributed by atoms with E-state index in [9.17, 15) is 9.59 Å². The topological polar surface area (TPSA) is 79.5 Å². The lowest BCUT2D eigenvalue weighted by atomic mass is 10.2. The molecule has 2 unspecified atom stereocenters. The molecule has 0 heterocycles. The van der Waals surface area contributed by atoms with Crippen LogP contribution in [0.5, 0.6) is 0 Å². The first kappa shape index (κ1) is 16.9. The second-order valence-corrected chi connectivity index (χ2v) is 5.38. The van der Waals surface area contributed by atoms with Gasteiger partial charge in [-0.25, -0.2) is 0 Å². The summed E-state index contributed by atoms with van der Waals surface area (Å²) in [6.07, 6.45) is 4.49. The molecule has 116 valence electrons. The molecule has 0 saturated heterocycles. The molecule has 20 heavy (non-hydrogen) atoms. The van der Waals surface area contributed by atoms with Gasteiger partial charge in [0.05, 0.1) is 18.7 Å². The Kier molecular flexibility index (Phi) is 7.54. The number of carbonyl (C=O) groups excluding carboxylic acids is 2. The smallest absolute Gasteiger partial charge is 0.237 e. The quantitative estimate of drug-likeness (QED) is 0.556. The average molecular weight is 285 g/mol. The second-order valence-electron chi connectivity index (χ2n) is 5.38. The van der Waals surface area contributed by atoms with Crippen molar-refractivity contribution in [2.75, 3.05) is 20.3 Å². The first-order valence-corrected chi connectivity index (χ1v) is 7.37. The lowest BCUT2D eigenvalue weighted by Gasteiger charge is -2.21. The fraction of sp³-hybridized carbons (Fsp3) is 0.857. The molecule has 6 nitrogen and oxygen atoms in total. The molecule has 0 bridgehead atoms. The molecule has 3 N–H and O–H groups in total. The molecular weight excluding hydrogens is 258 g/mol. The third kappa shape index (κ3) is 5.88. The molecule has 2 amide bonds. The van der Waals surface area contributed by atoms with Crippen molar-refractivity contribution < 1.29 is 14.3 Å². The number of amides is 2. The lowest BCUT2D eigenvalue weighted by molar-refractivity contribution is -0.125. The number of hydrogen-bond acceptors (Lipinski definition) is 4. The van der Waals surface area contributed by atoms with Crippen LogP contribution >= 0.6 is 0 Å². The SMILES string of the molecule is COCCNC(=O)C(C)NC(C)C(=O)NC1CCCC1. The van der Waals surface area contributed by atoms with E-state index in [1.807, 2.05) is 0 Å². The third-order valence-corrected chi connectivity index (χ3v) is 3.59. The highest BCUT2D eigenvalue weighted by molar-refractivity contribution is 5.85. The number of rotatable bonds is 8. The van der Waals surface area contributed by atoms with Crippen molar-refractivity contribution in [3.63, 3.8) is 0 Å². The van der Waals surface area contributed by atoms with E-state index in [2.05, 4.69) is 16.0 Å². The second kappa shape index (κ2) is 8.92. The van der Waals surface area contributed by atoms with Crippen LogP contribution in [0, 0.1) is 0 Å². The van der Waals surface area contributed by atoms with Gasteiger partial charge in [-0.2, -0.15) is 0 Å². The highest BCUT2D eigenvalue weighted by Gasteiger charge is 2.23. The van der Waals surface area contributed by atoms with Gasteiger partial charge in [-0.15, -0.1) is 0 Å². The molecular formula is C14H27N3O3. The van der Waals surface area contributed by atoms with Gasteiger partial charge >= 0.3 is 0 Å². The van der Waals surface area contributed by atoms with E-state index in [1.165, 1.54) is 12.8 Å². The van der Waals surface area contributed by atoms with Crippen molar-refractivity contribution in [3.05, 3.63) is 0 Å². The zero-order chi connectivity index (χ0) is 15.0. The summed E-state index contributed by atoms with van der Waals surface area (Å²) in [6, 6.07) is -0.479. The highest BCUT2D eigenvalue weighted by Crippen LogP contribution is 2.17. The Hall–Kier alpha value is -1.14. The lowest BCUT2D eigenvalue weighted by Crippen LogP contribution is -2.52. The maximum absolute atomic E-state index is 12.0. The molecule has 1 aliphatic carbocycles. The summed E-state index contributed by atoms with van der Waals surface area (Å²) in [5.41, 5.74) is 0. The molecule has 0 aliphatic heterocycles. The van der Waals surface area contributed by atoms with Crippen LogP contribution in [0.3, 0.4) is 0 Å². The first-order valence-electron chi connectivity index (χ1n) is 7.37. The maximum Gasteiger partial charge on any atom is 0.237 e. The van der Waals surface area contributed by atoms with Crippen molar-refractivity contribution in [2.24, 2.45) is 0 Å². The van der Waals surface area contributed by atoms with E-state index in [-0.39, 0.29) is 17.9 Å². The minimum Gasteiger partial charge on any atom is -0.383 e. The molecule has 1 aliphatic rings. The zero-order valence-corrected chi connectivity index (χ0v) is 12.7. The molecule has 1 rings (SSSR count). The standard InChI is InChI=1S/C14H27N3O3/c1-10(13(18)15-8-9-20-3)16-11(2)14(19)17-12-6-4-5-7-12/h10-12,16H,4-9H2,1-3H3,(H,15,18)(H,17,19). The molecule has 0 spiro atoms. The van der Waals surface area contributed by atoms with E-state index < -0.39 is 6.04 Å². The van der Waals surface area contributed by atoms with Gasteiger partial charge in [0.25, 0.3) is 0 Å². The summed E-state index contributed by atoms with van der Waals surface area (Å²) in [5.74, 6) is -0.156. The van der Waals surface area contributed by atoms with Crippen LogP contribution in [0.4, 0.5) is 0 Å². The Morgan fingerprint density at radius 3 is 2.35 bits per heavy atom. The van der Waals surface area contributed by atoms with E-state index in [4.69, 9.17) is 4.74 Å². The largest absolute Gasteiger partial charge is 0.383 e. The van der Waals surface area contributed by atoms with Crippen molar-refractivity contribution in [3.8, 4) is 0 Å². The minimum absolute atomic E-state index is 0.0339. The molecule has 0 radical (unpaired) electrons. The van der Waals surface area contributed by atoms with Crippen LogP contribution in [0.1, 0.15) is 39.5 Å². The molecule has 6 heteroatoms. The molecule has 1 fully saturated rings. The third-order valence-electron chi connectivity index (χ3n) is 3.59. The van der Waals surface area contributed by atoms with Gasteiger partial charge < -0.3 is 15.4 Å². The number of methoxy groups -OCH3 is 1. The monoisotopic (exact) mass is 285 g/mol. The van der Waals surface area contributed by atoms with E-state index in [0.29, 0.717) is 19.2 Å². The summed E-state index contributed by atoms with van der Waals surface area (Å²) in [7, 11) is 1.59. The molecule has 0 aromatic heterocycles. The number of carbonyl (C=O) groups is 2. The fourth-order valence-corrected chi connectivity index (χ4v) is 2.35. The van der Waals surface area contributed by atoms with Crippen LogP contribution in [-0.2, 0) is 14.3 Å². The van der Waals surface area contributed by atoms with Crippen molar-refractivity contribution in [1.82, 2.24) is 16.0 Å². The van der Waals surface area contributed by atoms with Crippen molar-refractivity contribution >= 4 is 11.8 Å². The molecule has 0 aromatic carbocycles. The Labute approximate surface area is 121 Å². The predicted molar refractivity (Wildman–Crippen MR) is 77.3 cm³/mol. The van der Waals surface area contributed by atoms with Gasteiger partial charge in [-0.1, -0.05) is 12.8 Å². The Balaban J connectivity index is 2.26. The normalized spacial score (nSPS) is 18.6. The summed E-state index contributed by atoms with van der Waals surface area (Å²) in [5, 5.41) is 8.78. The number of nitrogens with one attached hydrogen (secondary N) is 3. The van der Waals surface area contributed by atoms with Crippen LogP contribution in [0.2, 0.25) is 0 Å².